The number of rotatable bonds is 5. The first kappa shape index (κ1) is 18.5. The fourth-order valence-corrected chi connectivity index (χ4v) is 3.91. The van der Waals surface area contributed by atoms with Crippen molar-refractivity contribution in [2.24, 2.45) is 5.41 Å². The minimum Gasteiger partial charge on any atom is -0.494 e. The van der Waals surface area contributed by atoms with Crippen LogP contribution in [0.4, 0.5) is 4.79 Å². The zero-order valence-corrected chi connectivity index (χ0v) is 15.7. The van der Waals surface area contributed by atoms with Crippen LogP contribution in [0, 0.1) is 5.41 Å². The summed E-state index contributed by atoms with van der Waals surface area (Å²) in [5, 5.41) is 6.09. The summed E-state index contributed by atoms with van der Waals surface area (Å²) in [5.41, 5.74) is 1.15. The topological polar surface area (TPSA) is 70.7 Å². The van der Waals surface area contributed by atoms with E-state index in [0.717, 1.165) is 37.1 Å². The Balaban J connectivity index is 1.55. The van der Waals surface area contributed by atoms with Gasteiger partial charge in [-0.2, -0.15) is 0 Å². The molecule has 0 saturated carbocycles. The van der Waals surface area contributed by atoms with Crippen molar-refractivity contribution in [1.82, 2.24) is 15.5 Å². The third-order valence-electron chi connectivity index (χ3n) is 5.61. The van der Waals surface area contributed by atoms with Crippen molar-refractivity contribution >= 4 is 11.9 Å². The van der Waals surface area contributed by atoms with Gasteiger partial charge in [-0.05, 0) is 49.3 Å². The van der Waals surface area contributed by atoms with E-state index in [1.807, 2.05) is 36.1 Å². The van der Waals surface area contributed by atoms with Crippen molar-refractivity contribution in [1.29, 1.82) is 0 Å². The summed E-state index contributed by atoms with van der Waals surface area (Å²) in [5.74, 6) is 0.989. The molecule has 1 spiro atoms. The molecule has 2 N–H and O–H groups in total. The molecule has 0 unspecified atom stereocenters. The number of hydrogen-bond acceptors (Lipinski definition) is 3. The van der Waals surface area contributed by atoms with Crippen molar-refractivity contribution in [2.75, 3.05) is 26.2 Å². The van der Waals surface area contributed by atoms with Crippen molar-refractivity contribution in [3.63, 3.8) is 0 Å². The molecule has 6 nitrogen and oxygen atoms in total. The van der Waals surface area contributed by atoms with Gasteiger partial charge in [-0.1, -0.05) is 19.1 Å². The SMILES string of the molecule is CCOc1ccc([C@@H](CC)NC(=O)N2CCC3(CC2)CNC(=O)C3)cc1. The van der Waals surface area contributed by atoms with Crippen LogP contribution in [0.15, 0.2) is 24.3 Å². The first-order chi connectivity index (χ1) is 12.5. The van der Waals surface area contributed by atoms with Gasteiger partial charge in [0.15, 0.2) is 0 Å². The summed E-state index contributed by atoms with van der Waals surface area (Å²) < 4.78 is 5.48. The number of carbonyl (C=O) groups is 2. The molecule has 6 heteroatoms. The predicted molar refractivity (Wildman–Crippen MR) is 100 cm³/mol. The Kier molecular flexibility index (Phi) is 5.69. The van der Waals surface area contributed by atoms with Gasteiger partial charge in [0, 0.05) is 26.1 Å². The Hall–Kier alpha value is -2.24. The molecule has 0 aromatic heterocycles. The molecule has 2 aliphatic heterocycles. The maximum absolute atomic E-state index is 12.7. The fourth-order valence-electron chi connectivity index (χ4n) is 3.91. The second kappa shape index (κ2) is 7.98. The molecule has 0 radical (unpaired) electrons. The maximum Gasteiger partial charge on any atom is 0.317 e. The van der Waals surface area contributed by atoms with E-state index in [1.165, 1.54) is 0 Å². The number of amides is 3. The van der Waals surface area contributed by atoms with Gasteiger partial charge < -0.3 is 20.3 Å². The number of benzene rings is 1. The van der Waals surface area contributed by atoms with E-state index < -0.39 is 0 Å². The standard InChI is InChI=1S/C20H29N3O3/c1-3-17(15-5-7-16(8-6-15)26-4-2)22-19(25)23-11-9-20(10-12-23)13-18(24)21-14-20/h5-8,17H,3-4,9-14H2,1-2H3,(H,21,24)(H,22,25)/t17-/m1/s1. The molecule has 1 aromatic carbocycles. The van der Waals surface area contributed by atoms with Crippen LogP contribution in [0.25, 0.3) is 0 Å². The number of urea groups is 1. The van der Waals surface area contributed by atoms with Crippen molar-refractivity contribution in [3.05, 3.63) is 29.8 Å². The van der Waals surface area contributed by atoms with Crippen LogP contribution in [-0.2, 0) is 4.79 Å². The molecule has 3 amide bonds. The van der Waals surface area contributed by atoms with Crippen molar-refractivity contribution < 1.29 is 14.3 Å². The lowest BCUT2D eigenvalue weighted by Gasteiger charge is -2.38. The van der Waals surface area contributed by atoms with Crippen LogP contribution < -0.4 is 15.4 Å². The summed E-state index contributed by atoms with van der Waals surface area (Å²) in [6, 6.07) is 7.90. The van der Waals surface area contributed by atoms with E-state index in [-0.39, 0.29) is 23.4 Å². The molecule has 3 rings (SSSR count). The predicted octanol–water partition coefficient (Wildman–Crippen LogP) is 2.85. The minimum absolute atomic E-state index is 0.0104. The third-order valence-corrected chi connectivity index (χ3v) is 5.61. The zero-order chi connectivity index (χ0) is 18.6. The van der Waals surface area contributed by atoms with Crippen LogP contribution in [-0.4, -0.2) is 43.1 Å². The Morgan fingerprint density at radius 3 is 2.50 bits per heavy atom. The normalized spacial score (nSPS) is 19.9. The first-order valence-corrected chi connectivity index (χ1v) is 9.60. The smallest absolute Gasteiger partial charge is 0.317 e. The van der Waals surface area contributed by atoms with Crippen LogP contribution in [0.5, 0.6) is 5.75 Å². The van der Waals surface area contributed by atoms with E-state index in [2.05, 4.69) is 17.6 Å². The van der Waals surface area contributed by atoms with Crippen LogP contribution in [0.2, 0.25) is 0 Å². The molecule has 2 aliphatic rings. The zero-order valence-electron chi connectivity index (χ0n) is 15.7. The van der Waals surface area contributed by atoms with E-state index in [0.29, 0.717) is 26.1 Å². The Morgan fingerprint density at radius 2 is 1.96 bits per heavy atom. The Labute approximate surface area is 155 Å². The summed E-state index contributed by atoms with van der Waals surface area (Å²) in [7, 11) is 0. The molecule has 142 valence electrons. The van der Waals surface area contributed by atoms with Crippen LogP contribution in [0.1, 0.15) is 51.1 Å². The lowest BCUT2D eigenvalue weighted by Crippen LogP contribution is -2.48. The van der Waals surface area contributed by atoms with Gasteiger partial charge in [0.2, 0.25) is 5.91 Å². The number of carbonyl (C=O) groups excluding carboxylic acids is 2. The molecular weight excluding hydrogens is 330 g/mol. The lowest BCUT2D eigenvalue weighted by molar-refractivity contribution is -0.119. The highest BCUT2D eigenvalue weighted by atomic mass is 16.5. The molecular formula is C20H29N3O3. The highest BCUT2D eigenvalue weighted by molar-refractivity contribution is 5.79. The number of nitrogens with zero attached hydrogens (tertiary/aromatic N) is 1. The van der Waals surface area contributed by atoms with Gasteiger partial charge in [-0.25, -0.2) is 4.79 Å². The molecule has 2 heterocycles. The quantitative estimate of drug-likeness (QED) is 0.849. The Bertz CT molecular complexity index is 636. The van der Waals surface area contributed by atoms with Crippen molar-refractivity contribution in [3.8, 4) is 5.75 Å². The molecule has 0 aliphatic carbocycles. The number of nitrogens with one attached hydrogen (secondary N) is 2. The van der Waals surface area contributed by atoms with Crippen molar-refractivity contribution in [2.45, 2.75) is 45.6 Å². The second-order valence-corrected chi connectivity index (χ2v) is 7.35. The minimum atomic E-state index is -0.0159. The third kappa shape index (κ3) is 4.11. The molecule has 0 bridgehead atoms. The summed E-state index contributed by atoms with van der Waals surface area (Å²) >= 11 is 0. The number of likely N-dealkylation sites (tertiary alicyclic amines) is 1. The summed E-state index contributed by atoms with van der Waals surface area (Å²) in [6.07, 6.45) is 3.21. The van der Waals surface area contributed by atoms with Gasteiger partial charge >= 0.3 is 6.03 Å². The van der Waals surface area contributed by atoms with E-state index >= 15 is 0 Å². The highest BCUT2D eigenvalue weighted by Gasteiger charge is 2.41. The van der Waals surface area contributed by atoms with Gasteiger partial charge in [-0.3, -0.25) is 4.79 Å². The molecule has 26 heavy (non-hydrogen) atoms. The summed E-state index contributed by atoms with van der Waals surface area (Å²) in [4.78, 5) is 26.1. The first-order valence-electron chi connectivity index (χ1n) is 9.60. The fraction of sp³-hybridized carbons (Fsp3) is 0.600. The van der Waals surface area contributed by atoms with Gasteiger partial charge in [0.05, 0.1) is 12.6 Å². The van der Waals surface area contributed by atoms with Gasteiger partial charge in [-0.15, -0.1) is 0 Å². The lowest BCUT2D eigenvalue weighted by atomic mass is 9.78. The highest BCUT2D eigenvalue weighted by Crippen LogP contribution is 2.37. The molecule has 1 atom stereocenters. The number of ether oxygens (including phenoxy) is 1. The Morgan fingerprint density at radius 1 is 1.27 bits per heavy atom. The van der Waals surface area contributed by atoms with Crippen LogP contribution >= 0.6 is 0 Å². The van der Waals surface area contributed by atoms with E-state index in [1.54, 1.807) is 0 Å². The average Bonchev–Trinajstić information content (AvgIpc) is 3.01. The number of piperidine rings is 1. The molecule has 2 fully saturated rings. The molecule has 1 aromatic rings. The maximum atomic E-state index is 12.7. The van der Waals surface area contributed by atoms with Crippen LogP contribution in [0.3, 0.4) is 0 Å². The number of hydrogen-bond donors (Lipinski definition) is 2. The molecule has 2 saturated heterocycles. The van der Waals surface area contributed by atoms with Gasteiger partial charge in [0.1, 0.15) is 5.75 Å². The van der Waals surface area contributed by atoms with E-state index in [4.69, 9.17) is 4.74 Å². The van der Waals surface area contributed by atoms with Gasteiger partial charge in [0.25, 0.3) is 0 Å². The van der Waals surface area contributed by atoms with E-state index in [9.17, 15) is 9.59 Å². The summed E-state index contributed by atoms with van der Waals surface area (Å²) in [6.45, 7) is 6.85. The average molecular weight is 359 g/mol. The largest absolute Gasteiger partial charge is 0.494 e. The monoisotopic (exact) mass is 359 g/mol. The second-order valence-electron chi connectivity index (χ2n) is 7.35.